The molecule has 3 rings (SSSR count). The maximum absolute atomic E-state index is 4.48. The summed E-state index contributed by atoms with van der Waals surface area (Å²) in [5.74, 6) is 0. The number of pyridine rings is 2. The lowest BCUT2D eigenvalue weighted by atomic mass is 10.0. The molecule has 0 saturated heterocycles. The first-order chi connectivity index (χ1) is 8.43. The molecule has 0 aliphatic carbocycles. The Balaban J connectivity index is 2.06. The molecule has 2 nitrogen and oxygen atoms in total. The zero-order chi connectivity index (χ0) is 11.5. The van der Waals surface area contributed by atoms with E-state index in [4.69, 9.17) is 0 Å². The van der Waals surface area contributed by atoms with Gasteiger partial charge < -0.3 is 0 Å². The Morgan fingerprint density at radius 2 is 1.65 bits per heavy atom. The third-order valence-electron chi connectivity index (χ3n) is 2.88. The summed E-state index contributed by atoms with van der Waals surface area (Å²) in [6.45, 7) is 0. The van der Waals surface area contributed by atoms with Crippen LogP contribution in [0.1, 0.15) is 11.3 Å². The first-order valence-electron chi connectivity index (χ1n) is 5.65. The number of fused-ring (bicyclic) bond motifs is 1. The van der Waals surface area contributed by atoms with Crippen LogP contribution in [-0.4, -0.2) is 9.97 Å². The van der Waals surface area contributed by atoms with Crippen molar-refractivity contribution < 1.29 is 0 Å². The van der Waals surface area contributed by atoms with Gasteiger partial charge in [-0.05, 0) is 29.1 Å². The highest BCUT2D eigenvalue weighted by Gasteiger charge is 2.02. The predicted octanol–water partition coefficient (Wildman–Crippen LogP) is 3.22. The third-order valence-corrected chi connectivity index (χ3v) is 2.88. The zero-order valence-corrected chi connectivity index (χ0v) is 9.38. The molecule has 17 heavy (non-hydrogen) atoms. The summed E-state index contributed by atoms with van der Waals surface area (Å²) in [5.41, 5.74) is 2.36. The van der Waals surface area contributed by atoms with Crippen LogP contribution in [0.25, 0.3) is 10.8 Å². The lowest BCUT2D eigenvalue weighted by Gasteiger charge is -2.05. The molecule has 2 aromatic heterocycles. The van der Waals surface area contributed by atoms with E-state index >= 15 is 0 Å². The monoisotopic (exact) mass is 220 g/mol. The first-order valence-corrected chi connectivity index (χ1v) is 5.65. The Morgan fingerprint density at radius 3 is 2.53 bits per heavy atom. The van der Waals surface area contributed by atoms with Crippen molar-refractivity contribution in [1.82, 2.24) is 9.97 Å². The summed E-state index contributed by atoms with van der Waals surface area (Å²) in [7, 11) is 0. The highest BCUT2D eigenvalue weighted by atomic mass is 14.7. The molecule has 0 saturated carbocycles. The van der Waals surface area contributed by atoms with E-state index in [-0.39, 0.29) is 0 Å². The molecule has 2 heteroatoms. The Hall–Kier alpha value is -2.22. The van der Waals surface area contributed by atoms with E-state index in [0.29, 0.717) is 0 Å². The Kier molecular flexibility index (Phi) is 2.54. The molecule has 3 aromatic rings. The minimum atomic E-state index is 0.851. The van der Waals surface area contributed by atoms with Gasteiger partial charge in [0.15, 0.2) is 0 Å². The molecule has 0 unspecified atom stereocenters. The van der Waals surface area contributed by atoms with Gasteiger partial charge in [0.25, 0.3) is 0 Å². The van der Waals surface area contributed by atoms with Crippen LogP contribution in [0.4, 0.5) is 0 Å². The fourth-order valence-corrected chi connectivity index (χ4v) is 2.02. The molecule has 0 amide bonds. The smallest absolute Gasteiger partial charge is 0.0525 e. The number of rotatable bonds is 2. The molecule has 0 fully saturated rings. The maximum Gasteiger partial charge on any atom is 0.0525 e. The molecule has 0 spiro atoms. The average molecular weight is 220 g/mol. The lowest BCUT2D eigenvalue weighted by Crippen LogP contribution is -1.93. The number of benzene rings is 1. The van der Waals surface area contributed by atoms with Gasteiger partial charge in [-0.3, -0.25) is 9.97 Å². The molecule has 0 aliphatic rings. The highest BCUT2D eigenvalue weighted by Crippen LogP contribution is 2.18. The van der Waals surface area contributed by atoms with Crippen molar-refractivity contribution in [2.45, 2.75) is 6.42 Å². The summed E-state index contributed by atoms with van der Waals surface area (Å²) < 4.78 is 0. The van der Waals surface area contributed by atoms with Crippen LogP contribution < -0.4 is 0 Å². The van der Waals surface area contributed by atoms with Crippen molar-refractivity contribution in [3.05, 3.63) is 72.3 Å². The molecular formula is C15H12N2. The van der Waals surface area contributed by atoms with Crippen LogP contribution in [0.3, 0.4) is 0 Å². The van der Waals surface area contributed by atoms with Gasteiger partial charge in [0.05, 0.1) is 5.69 Å². The standard InChI is InChI=1S/C15H12N2/c1-2-4-14-13(3-1)7-10-17-15(14)11-12-5-8-16-9-6-12/h1-10H,11H2. The minimum absolute atomic E-state index is 0.851. The van der Waals surface area contributed by atoms with Gasteiger partial charge >= 0.3 is 0 Å². The first kappa shape index (κ1) is 9.97. The summed E-state index contributed by atoms with van der Waals surface area (Å²) in [6.07, 6.45) is 6.36. The van der Waals surface area contributed by atoms with Crippen molar-refractivity contribution in [3.63, 3.8) is 0 Å². The molecule has 0 bridgehead atoms. The average Bonchev–Trinajstić information content (AvgIpc) is 2.40. The van der Waals surface area contributed by atoms with E-state index in [2.05, 4.69) is 34.2 Å². The van der Waals surface area contributed by atoms with Gasteiger partial charge in [0, 0.05) is 30.4 Å². The number of aromatic nitrogens is 2. The van der Waals surface area contributed by atoms with Gasteiger partial charge in [-0.2, -0.15) is 0 Å². The summed E-state index contributed by atoms with van der Waals surface area (Å²) in [6, 6.07) is 14.5. The fourth-order valence-electron chi connectivity index (χ4n) is 2.02. The van der Waals surface area contributed by atoms with E-state index in [0.717, 1.165) is 12.1 Å². The number of hydrogen-bond acceptors (Lipinski definition) is 2. The van der Waals surface area contributed by atoms with Gasteiger partial charge in [0.1, 0.15) is 0 Å². The maximum atomic E-state index is 4.48. The number of hydrogen-bond donors (Lipinski definition) is 0. The molecule has 0 atom stereocenters. The normalized spacial score (nSPS) is 10.6. The van der Waals surface area contributed by atoms with Gasteiger partial charge in [-0.15, -0.1) is 0 Å². The summed E-state index contributed by atoms with van der Waals surface area (Å²) >= 11 is 0. The van der Waals surface area contributed by atoms with Gasteiger partial charge in [-0.25, -0.2) is 0 Å². The van der Waals surface area contributed by atoms with E-state index < -0.39 is 0 Å². The summed E-state index contributed by atoms with van der Waals surface area (Å²) in [4.78, 5) is 8.51. The second-order valence-corrected chi connectivity index (χ2v) is 4.01. The van der Waals surface area contributed by atoms with Crippen molar-refractivity contribution in [2.24, 2.45) is 0 Å². The third kappa shape index (κ3) is 2.02. The van der Waals surface area contributed by atoms with Crippen molar-refractivity contribution >= 4 is 10.8 Å². The zero-order valence-electron chi connectivity index (χ0n) is 9.38. The predicted molar refractivity (Wildman–Crippen MR) is 68.8 cm³/mol. The van der Waals surface area contributed by atoms with E-state index in [1.165, 1.54) is 16.3 Å². The van der Waals surface area contributed by atoms with Crippen LogP contribution in [-0.2, 0) is 6.42 Å². The topological polar surface area (TPSA) is 25.8 Å². The van der Waals surface area contributed by atoms with Crippen LogP contribution in [0.2, 0.25) is 0 Å². The molecule has 0 radical (unpaired) electrons. The molecule has 0 N–H and O–H groups in total. The van der Waals surface area contributed by atoms with Gasteiger partial charge in [-0.1, -0.05) is 24.3 Å². The van der Waals surface area contributed by atoms with Crippen LogP contribution in [0.5, 0.6) is 0 Å². The molecule has 82 valence electrons. The molecule has 1 aromatic carbocycles. The van der Waals surface area contributed by atoms with Crippen molar-refractivity contribution in [1.29, 1.82) is 0 Å². The Bertz CT molecular complexity index is 627. The number of nitrogens with zero attached hydrogens (tertiary/aromatic N) is 2. The largest absolute Gasteiger partial charge is 0.265 e. The molecular weight excluding hydrogens is 208 g/mol. The van der Waals surface area contributed by atoms with E-state index in [1.807, 2.05) is 36.8 Å². The van der Waals surface area contributed by atoms with Crippen molar-refractivity contribution in [2.75, 3.05) is 0 Å². The Morgan fingerprint density at radius 1 is 0.824 bits per heavy atom. The minimum Gasteiger partial charge on any atom is -0.265 e. The Labute approximate surface area is 100.0 Å². The summed E-state index contributed by atoms with van der Waals surface area (Å²) in [5, 5.41) is 2.47. The van der Waals surface area contributed by atoms with Crippen LogP contribution in [0.15, 0.2) is 61.1 Å². The van der Waals surface area contributed by atoms with Gasteiger partial charge in [0.2, 0.25) is 0 Å². The fraction of sp³-hybridized carbons (Fsp3) is 0.0667. The highest BCUT2D eigenvalue weighted by molar-refractivity contribution is 5.84. The molecule has 0 aliphatic heterocycles. The van der Waals surface area contributed by atoms with Crippen molar-refractivity contribution in [3.8, 4) is 0 Å². The second kappa shape index (κ2) is 4.34. The second-order valence-electron chi connectivity index (χ2n) is 4.01. The lowest BCUT2D eigenvalue weighted by molar-refractivity contribution is 1.09. The van der Waals surface area contributed by atoms with E-state index in [9.17, 15) is 0 Å². The quantitative estimate of drug-likeness (QED) is 0.662. The SMILES string of the molecule is c1ccc2c(Cc3ccncc3)nccc2c1. The van der Waals surface area contributed by atoms with Crippen LogP contribution in [0, 0.1) is 0 Å². The van der Waals surface area contributed by atoms with E-state index in [1.54, 1.807) is 0 Å². The van der Waals surface area contributed by atoms with Crippen LogP contribution >= 0.6 is 0 Å². The molecule has 2 heterocycles.